The highest BCUT2D eigenvalue weighted by molar-refractivity contribution is 7.87. The molecule has 29 heavy (non-hydrogen) atoms. The van der Waals surface area contributed by atoms with Gasteiger partial charge in [0.1, 0.15) is 0 Å². The van der Waals surface area contributed by atoms with Crippen LogP contribution in [0.1, 0.15) is 12.5 Å². The first-order valence-electron chi connectivity index (χ1n) is 9.80. The largest absolute Gasteiger partial charge is 0.368 e. The number of benzene rings is 3. The van der Waals surface area contributed by atoms with E-state index in [2.05, 4.69) is 45.7 Å². The van der Waals surface area contributed by atoms with Crippen molar-refractivity contribution in [2.75, 3.05) is 40.7 Å². The van der Waals surface area contributed by atoms with Crippen molar-refractivity contribution in [1.29, 1.82) is 0 Å². The molecule has 0 unspecified atom stereocenters. The highest BCUT2D eigenvalue weighted by Gasteiger charge is 2.20. The maximum Gasteiger partial charge on any atom is 0.357 e. The summed E-state index contributed by atoms with van der Waals surface area (Å²) >= 11 is 0. The van der Waals surface area contributed by atoms with E-state index in [0.717, 1.165) is 49.1 Å². The zero-order valence-corrected chi connectivity index (χ0v) is 17.2. The van der Waals surface area contributed by atoms with Crippen LogP contribution in [0.25, 0.3) is 10.8 Å². The fourth-order valence-electron chi connectivity index (χ4n) is 3.97. The number of nitrogens with zero attached hydrogens (tertiary/aromatic N) is 2. The molecule has 0 spiro atoms. The molecule has 6 nitrogen and oxygen atoms in total. The van der Waals surface area contributed by atoms with Gasteiger partial charge < -0.3 is 9.80 Å². The summed E-state index contributed by atoms with van der Waals surface area (Å²) < 4.78 is 33.9. The summed E-state index contributed by atoms with van der Waals surface area (Å²) in [5.41, 5.74) is 4.06. The molecule has 1 saturated heterocycles. The Kier molecular flexibility index (Phi) is 5.34. The second-order valence-corrected chi connectivity index (χ2v) is 8.41. The lowest BCUT2D eigenvalue weighted by Gasteiger charge is -2.38. The minimum atomic E-state index is -4.32. The van der Waals surface area contributed by atoms with Crippen LogP contribution in [0.3, 0.4) is 0 Å². The molecule has 0 atom stereocenters. The average molecular weight is 412 g/mol. The van der Waals surface area contributed by atoms with Gasteiger partial charge in [-0.15, -0.1) is 0 Å². The molecular weight excluding hydrogens is 386 g/mol. The van der Waals surface area contributed by atoms with Gasteiger partial charge in [-0.1, -0.05) is 43.3 Å². The Bertz CT molecular complexity index is 1120. The fourth-order valence-corrected chi connectivity index (χ4v) is 4.42. The number of nitrogens with one attached hydrogen (secondary N) is 1. The van der Waals surface area contributed by atoms with Crippen molar-refractivity contribution < 1.29 is 13.0 Å². The van der Waals surface area contributed by atoms with E-state index in [9.17, 15) is 8.42 Å². The van der Waals surface area contributed by atoms with Crippen molar-refractivity contribution in [2.24, 2.45) is 0 Å². The second kappa shape index (κ2) is 7.93. The molecule has 2 N–H and O–H groups in total. The fraction of sp³-hybridized carbons (Fsp3) is 0.273. The lowest BCUT2D eigenvalue weighted by molar-refractivity contribution is 0.490. The topological polar surface area (TPSA) is 72.9 Å². The van der Waals surface area contributed by atoms with Gasteiger partial charge in [0.25, 0.3) is 0 Å². The molecule has 0 bridgehead atoms. The number of fused-ring (bicyclic) bond motifs is 1. The molecule has 1 fully saturated rings. The van der Waals surface area contributed by atoms with Crippen LogP contribution in [0.2, 0.25) is 0 Å². The standard InChI is InChI=1S/C22H25N3O3S/c1-2-17-6-5-7-18(16-17)24-12-14-25(15-13-24)22-11-10-21(23-29(26,27)28)19-8-3-4-9-20(19)22/h3-11,16,23H,2,12-15H2,1H3,(H,26,27,28). The summed E-state index contributed by atoms with van der Waals surface area (Å²) in [6.07, 6.45) is 1.03. The van der Waals surface area contributed by atoms with Crippen LogP contribution in [0.15, 0.2) is 60.7 Å². The Labute approximate surface area is 171 Å². The Morgan fingerprint density at radius 1 is 0.897 bits per heavy atom. The molecule has 1 heterocycles. The summed E-state index contributed by atoms with van der Waals surface area (Å²) in [4.78, 5) is 4.74. The monoisotopic (exact) mass is 411 g/mol. The minimum Gasteiger partial charge on any atom is -0.368 e. The minimum absolute atomic E-state index is 0.377. The number of aryl methyl sites for hydroxylation is 1. The third-order valence-corrected chi connectivity index (χ3v) is 5.92. The third-order valence-electron chi connectivity index (χ3n) is 5.44. The summed E-state index contributed by atoms with van der Waals surface area (Å²) in [5.74, 6) is 0. The molecule has 0 amide bonds. The van der Waals surface area contributed by atoms with Crippen LogP contribution in [-0.2, 0) is 16.7 Å². The summed E-state index contributed by atoms with van der Waals surface area (Å²) in [6.45, 7) is 5.78. The van der Waals surface area contributed by atoms with Crippen LogP contribution >= 0.6 is 0 Å². The van der Waals surface area contributed by atoms with Gasteiger partial charge >= 0.3 is 10.3 Å². The predicted molar refractivity (Wildman–Crippen MR) is 119 cm³/mol. The van der Waals surface area contributed by atoms with Gasteiger partial charge in [0, 0.05) is 48.3 Å². The Balaban J connectivity index is 1.58. The van der Waals surface area contributed by atoms with E-state index in [1.807, 2.05) is 30.3 Å². The molecule has 0 saturated carbocycles. The number of rotatable bonds is 5. The molecule has 0 aliphatic carbocycles. The van der Waals surface area contributed by atoms with Crippen molar-refractivity contribution in [3.05, 3.63) is 66.2 Å². The highest BCUT2D eigenvalue weighted by atomic mass is 32.2. The maximum atomic E-state index is 11.3. The quantitative estimate of drug-likeness (QED) is 0.622. The van der Waals surface area contributed by atoms with E-state index in [-0.39, 0.29) is 0 Å². The molecule has 0 radical (unpaired) electrons. The van der Waals surface area contributed by atoms with Crippen molar-refractivity contribution in [3.63, 3.8) is 0 Å². The van der Waals surface area contributed by atoms with Gasteiger partial charge in [-0.05, 0) is 36.2 Å². The molecule has 152 valence electrons. The van der Waals surface area contributed by atoms with Crippen LogP contribution in [-0.4, -0.2) is 39.1 Å². The Morgan fingerprint density at radius 3 is 2.28 bits per heavy atom. The number of anilines is 3. The zero-order chi connectivity index (χ0) is 20.4. The molecule has 7 heteroatoms. The Hall–Kier alpha value is -2.77. The summed E-state index contributed by atoms with van der Waals surface area (Å²) in [6, 6.07) is 20.0. The smallest absolute Gasteiger partial charge is 0.357 e. The van der Waals surface area contributed by atoms with Gasteiger partial charge in [-0.2, -0.15) is 8.42 Å². The van der Waals surface area contributed by atoms with Gasteiger partial charge in [-0.3, -0.25) is 9.27 Å². The molecule has 1 aliphatic rings. The van der Waals surface area contributed by atoms with E-state index in [1.165, 1.54) is 11.3 Å². The van der Waals surface area contributed by atoms with E-state index in [0.29, 0.717) is 5.69 Å². The molecule has 4 rings (SSSR count). The molecule has 1 aliphatic heterocycles. The predicted octanol–water partition coefficient (Wildman–Crippen LogP) is 3.94. The Morgan fingerprint density at radius 2 is 1.59 bits per heavy atom. The first kappa shape index (κ1) is 19.5. The molecule has 3 aromatic rings. The van der Waals surface area contributed by atoms with Crippen molar-refractivity contribution >= 4 is 38.1 Å². The summed E-state index contributed by atoms with van der Waals surface area (Å²) in [5, 5.41) is 1.73. The SMILES string of the molecule is CCc1cccc(N2CCN(c3ccc(NS(=O)(=O)O)c4ccccc34)CC2)c1. The number of hydrogen-bond donors (Lipinski definition) is 2. The first-order valence-corrected chi connectivity index (χ1v) is 11.2. The molecule has 0 aromatic heterocycles. The summed E-state index contributed by atoms with van der Waals surface area (Å²) in [7, 11) is -4.32. The number of piperazine rings is 1. The lowest BCUT2D eigenvalue weighted by atomic mass is 10.1. The normalized spacial score (nSPS) is 15.0. The lowest BCUT2D eigenvalue weighted by Crippen LogP contribution is -2.46. The van der Waals surface area contributed by atoms with Crippen LogP contribution < -0.4 is 14.5 Å². The second-order valence-electron chi connectivity index (χ2n) is 7.25. The van der Waals surface area contributed by atoms with Crippen molar-refractivity contribution in [3.8, 4) is 0 Å². The van der Waals surface area contributed by atoms with Gasteiger partial charge in [0.05, 0.1) is 5.69 Å². The number of hydrogen-bond acceptors (Lipinski definition) is 4. The van der Waals surface area contributed by atoms with E-state index < -0.39 is 10.3 Å². The third kappa shape index (κ3) is 4.31. The van der Waals surface area contributed by atoms with Gasteiger partial charge in [0.2, 0.25) is 0 Å². The molecular formula is C22H25N3O3S. The molecule has 3 aromatic carbocycles. The van der Waals surface area contributed by atoms with Crippen molar-refractivity contribution in [1.82, 2.24) is 0 Å². The average Bonchev–Trinajstić information content (AvgIpc) is 2.73. The van der Waals surface area contributed by atoms with Gasteiger partial charge in [0.15, 0.2) is 0 Å². The maximum absolute atomic E-state index is 11.3. The zero-order valence-electron chi connectivity index (χ0n) is 16.4. The van der Waals surface area contributed by atoms with Crippen LogP contribution in [0.4, 0.5) is 17.1 Å². The van der Waals surface area contributed by atoms with Gasteiger partial charge in [-0.25, -0.2) is 0 Å². The first-order chi connectivity index (χ1) is 13.9. The van der Waals surface area contributed by atoms with Crippen LogP contribution in [0.5, 0.6) is 0 Å². The van der Waals surface area contributed by atoms with E-state index >= 15 is 0 Å². The van der Waals surface area contributed by atoms with Crippen LogP contribution in [0, 0.1) is 0 Å². The highest BCUT2D eigenvalue weighted by Crippen LogP contribution is 2.33. The van der Waals surface area contributed by atoms with Crippen molar-refractivity contribution in [2.45, 2.75) is 13.3 Å². The van der Waals surface area contributed by atoms with E-state index in [1.54, 1.807) is 6.07 Å². The van der Waals surface area contributed by atoms with E-state index in [4.69, 9.17) is 4.55 Å².